The monoisotopic (exact) mass is 451 g/mol. The minimum atomic E-state index is -0.769. The second-order valence-corrected chi connectivity index (χ2v) is 10.9. The highest BCUT2D eigenvalue weighted by Gasteiger charge is 2.77. The summed E-state index contributed by atoms with van der Waals surface area (Å²) in [5.41, 5.74) is 0.583. The second-order valence-electron chi connectivity index (χ2n) is 8.62. The van der Waals surface area contributed by atoms with E-state index in [-0.39, 0.29) is 24.3 Å². The smallest absolute Gasteiger partial charge is 0.248 e. The number of nitrogens with zero attached hydrogens (tertiary/aromatic N) is 1. The second kappa shape index (κ2) is 7.43. The summed E-state index contributed by atoms with van der Waals surface area (Å²) in [6.45, 7) is 3.49. The van der Waals surface area contributed by atoms with E-state index in [1.807, 2.05) is 6.92 Å². The molecule has 3 fully saturated rings. The average Bonchev–Trinajstić information content (AvgIpc) is 3.29. The van der Waals surface area contributed by atoms with Crippen molar-refractivity contribution < 1.29 is 19.5 Å². The summed E-state index contributed by atoms with van der Waals surface area (Å²) >= 11 is 7.54. The van der Waals surface area contributed by atoms with Gasteiger partial charge in [0.25, 0.3) is 0 Å². The lowest BCUT2D eigenvalue weighted by Crippen LogP contribution is -2.54. The third-order valence-electron chi connectivity index (χ3n) is 6.84. The molecule has 0 radical (unpaired) electrons. The third-order valence-corrected chi connectivity index (χ3v) is 9.08. The van der Waals surface area contributed by atoms with Gasteiger partial charge in [-0.15, -0.1) is 11.8 Å². The molecule has 9 heteroatoms. The van der Waals surface area contributed by atoms with Crippen molar-refractivity contribution in [1.29, 1.82) is 0 Å². The number of amides is 3. The van der Waals surface area contributed by atoms with Gasteiger partial charge < -0.3 is 20.6 Å². The fourth-order valence-corrected chi connectivity index (χ4v) is 7.99. The van der Waals surface area contributed by atoms with E-state index in [0.717, 1.165) is 6.42 Å². The van der Waals surface area contributed by atoms with Gasteiger partial charge in [-0.3, -0.25) is 14.4 Å². The molecule has 1 aromatic rings. The van der Waals surface area contributed by atoms with Crippen molar-refractivity contribution in [3.63, 3.8) is 0 Å². The van der Waals surface area contributed by atoms with Crippen LogP contribution in [0.15, 0.2) is 24.3 Å². The first kappa shape index (κ1) is 21.5. The number of hydrogen-bond acceptors (Lipinski definition) is 5. The van der Waals surface area contributed by atoms with Crippen LogP contribution in [0, 0.1) is 11.8 Å². The lowest BCUT2D eigenvalue weighted by Gasteiger charge is -2.35. The van der Waals surface area contributed by atoms with Crippen molar-refractivity contribution in [3.8, 4) is 0 Å². The summed E-state index contributed by atoms with van der Waals surface area (Å²) in [6, 6.07) is 5.49. The van der Waals surface area contributed by atoms with Crippen LogP contribution in [-0.2, 0) is 14.4 Å². The fraction of sp³-hybridized carbons (Fsp3) is 0.571. The molecule has 30 heavy (non-hydrogen) atoms. The van der Waals surface area contributed by atoms with Crippen molar-refractivity contribution in [2.24, 2.45) is 11.8 Å². The molecule has 3 amide bonds. The van der Waals surface area contributed by atoms with E-state index in [2.05, 4.69) is 10.6 Å². The Kier molecular flexibility index (Phi) is 5.31. The molecule has 1 aromatic carbocycles. The summed E-state index contributed by atoms with van der Waals surface area (Å²) in [7, 11) is 1.58. The molecule has 3 aliphatic rings. The number of halogens is 1. The van der Waals surface area contributed by atoms with E-state index in [9.17, 15) is 19.5 Å². The maximum Gasteiger partial charge on any atom is 0.248 e. The third kappa shape index (κ3) is 2.95. The molecule has 7 nitrogen and oxygen atoms in total. The van der Waals surface area contributed by atoms with Gasteiger partial charge in [0.1, 0.15) is 6.04 Å². The molecule has 3 saturated heterocycles. The average molecular weight is 452 g/mol. The summed E-state index contributed by atoms with van der Waals surface area (Å²) in [5, 5.41) is 16.0. The molecule has 4 rings (SSSR count). The number of likely N-dealkylation sites (tertiary alicyclic amines) is 1. The number of nitrogens with one attached hydrogen (secondary N) is 2. The fourth-order valence-electron chi connectivity index (χ4n) is 5.53. The number of thioether (sulfide) groups is 1. The lowest BCUT2D eigenvalue weighted by molar-refractivity contribution is -0.142. The van der Waals surface area contributed by atoms with Crippen LogP contribution in [0.2, 0.25) is 5.02 Å². The van der Waals surface area contributed by atoms with E-state index in [0.29, 0.717) is 17.1 Å². The van der Waals surface area contributed by atoms with Crippen molar-refractivity contribution in [1.82, 2.24) is 10.2 Å². The van der Waals surface area contributed by atoms with Gasteiger partial charge in [-0.2, -0.15) is 0 Å². The number of aliphatic hydroxyl groups is 1. The zero-order valence-corrected chi connectivity index (χ0v) is 18.7. The maximum atomic E-state index is 13.6. The highest BCUT2D eigenvalue weighted by Crippen LogP contribution is 2.71. The van der Waals surface area contributed by atoms with Gasteiger partial charge in [-0.05, 0) is 51.0 Å². The number of anilines is 1. The molecule has 3 N–H and O–H groups in total. The predicted molar refractivity (Wildman–Crippen MR) is 116 cm³/mol. The van der Waals surface area contributed by atoms with Gasteiger partial charge in [-0.1, -0.05) is 11.6 Å². The SMILES string of the molecule is CNC(=O)[C@@H]1[C@H]2C(=O)N([C@H](C)CO)C(C(=O)Nc3ccc(Cl)cc3)C23CC[C@@]1(C)S3. The van der Waals surface area contributed by atoms with Gasteiger partial charge in [-0.25, -0.2) is 0 Å². The zero-order valence-electron chi connectivity index (χ0n) is 17.1. The highest BCUT2D eigenvalue weighted by molar-refractivity contribution is 8.02. The molecule has 6 atom stereocenters. The van der Waals surface area contributed by atoms with Gasteiger partial charge in [0.15, 0.2) is 0 Å². The molecule has 2 bridgehead atoms. The molecule has 162 valence electrons. The van der Waals surface area contributed by atoms with E-state index >= 15 is 0 Å². The largest absolute Gasteiger partial charge is 0.394 e. The molecule has 3 aliphatic heterocycles. The van der Waals surface area contributed by atoms with Gasteiger partial charge in [0, 0.05) is 22.5 Å². The predicted octanol–water partition coefficient (Wildman–Crippen LogP) is 1.89. The summed E-state index contributed by atoms with van der Waals surface area (Å²) in [4.78, 5) is 41.4. The molecule has 0 aliphatic carbocycles. The van der Waals surface area contributed by atoms with E-state index in [4.69, 9.17) is 11.6 Å². The first-order valence-corrected chi connectivity index (χ1v) is 11.3. The van der Waals surface area contributed by atoms with Crippen molar-refractivity contribution in [3.05, 3.63) is 29.3 Å². The molecular formula is C21H26ClN3O4S. The summed E-state index contributed by atoms with van der Waals surface area (Å²) in [6.07, 6.45) is 1.43. The molecular weight excluding hydrogens is 426 g/mol. The van der Waals surface area contributed by atoms with E-state index < -0.39 is 33.4 Å². The van der Waals surface area contributed by atoms with Crippen LogP contribution in [0.3, 0.4) is 0 Å². The summed E-state index contributed by atoms with van der Waals surface area (Å²) < 4.78 is -1.09. The maximum absolute atomic E-state index is 13.6. The highest BCUT2D eigenvalue weighted by atomic mass is 35.5. The number of benzene rings is 1. The lowest BCUT2D eigenvalue weighted by atomic mass is 9.66. The first-order chi connectivity index (χ1) is 14.2. The zero-order chi connectivity index (χ0) is 21.8. The normalized spacial score (nSPS) is 35.3. The van der Waals surface area contributed by atoms with Gasteiger partial charge in [0.05, 0.1) is 29.2 Å². The molecule has 0 saturated carbocycles. The Balaban J connectivity index is 1.75. The van der Waals surface area contributed by atoms with Crippen LogP contribution in [0.25, 0.3) is 0 Å². The van der Waals surface area contributed by atoms with Crippen LogP contribution < -0.4 is 10.6 Å². The number of carbonyl (C=O) groups excluding carboxylic acids is 3. The van der Waals surface area contributed by atoms with Crippen molar-refractivity contribution in [2.45, 2.75) is 48.3 Å². The first-order valence-electron chi connectivity index (χ1n) is 10.1. The quantitative estimate of drug-likeness (QED) is 0.635. The summed E-state index contributed by atoms with van der Waals surface area (Å²) in [5.74, 6) is -1.79. The molecule has 1 spiro atoms. The Morgan fingerprint density at radius 3 is 2.57 bits per heavy atom. The van der Waals surface area contributed by atoms with Crippen molar-refractivity contribution in [2.75, 3.05) is 19.0 Å². The van der Waals surface area contributed by atoms with Crippen LogP contribution in [0.4, 0.5) is 5.69 Å². The van der Waals surface area contributed by atoms with Crippen LogP contribution in [0.1, 0.15) is 26.7 Å². The van der Waals surface area contributed by atoms with Crippen LogP contribution in [0.5, 0.6) is 0 Å². The molecule has 2 unspecified atom stereocenters. The number of aliphatic hydroxyl groups excluding tert-OH is 1. The number of rotatable bonds is 5. The van der Waals surface area contributed by atoms with Crippen LogP contribution in [-0.4, -0.2) is 63.0 Å². The topological polar surface area (TPSA) is 98.7 Å². The number of carbonyl (C=O) groups is 3. The van der Waals surface area contributed by atoms with E-state index in [1.54, 1.807) is 50.0 Å². The number of fused-ring (bicyclic) bond motifs is 1. The van der Waals surface area contributed by atoms with Gasteiger partial charge >= 0.3 is 0 Å². The van der Waals surface area contributed by atoms with E-state index in [1.165, 1.54) is 4.90 Å². The Labute approximate surface area is 184 Å². The molecule has 0 aromatic heterocycles. The molecule has 3 heterocycles. The Morgan fingerprint density at radius 1 is 1.30 bits per heavy atom. The standard InChI is InChI=1S/C21H26ClN3O4S/c1-11(10-26)25-16(18(28)24-13-6-4-12(22)5-7-13)21-9-8-20(2,30-21)14(17(27)23-3)15(21)19(25)29/h4-7,11,14-16,26H,8-10H2,1-3H3,(H,23,27)(H,24,28)/t11-,14+,15+,16?,20-,21?/m1/s1. The number of hydrogen-bond donors (Lipinski definition) is 3. The Bertz CT molecular complexity index is 897. The minimum absolute atomic E-state index is 0.166. The van der Waals surface area contributed by atoms with Crippen molar-refractivity contribution >= 4 is 46.8 Å². The Morgan fingerprint density at radius 2 is 1.97 bits per heavy atom. The minimum Gasteiger partial charge on any atom is -0.394 e. The van der Waals surface area contributed by atoms with Gasteiger partial charge in [0.2, 0.25) is 17.7 Å². The Hall–Kier alpha value is -1.77. The van der Waals surface area contributed by atoms with Crippen LogP contribution >= 0.6 is 23.4 Å².